The van der Waals surface area contributed by atoms with Crippen LogP contribution in [-0.2, 0) is 0 Å². The fraction of sp³-hybridized carbons (Fsp3) is 0.929. The van der Waals surface area contributed by atoms with Gasteiger partial charge in [0, 0.05) is 23.9 Å². The van der Waals surface area contributed by atoms with Crippen molar-refractivity contribution in [3.8, 4) is 0 Å². The van der Waals surface area contributed by atoms with Crippen molar-refractivity contribution in [2.45, 2.75) is 63.6 Å². The van der Waals surface area contributed by atoms with Gasteiger partial charge in [-0.2, -0.15) is 0 Å². The number of amidine groups is 1. The quantitative estimate of drug-likeness (QED) is 0.791. The summed E-state index contributed by atoms with van der Waals surface area (Å²) in [6.45, 7) is 7.15. The molecular weight excluding hydrogens is 242 g/mol. The highest BCUT2D eigenvalue weighted by molar-refractivity contribution is 8.13. The van der Waals surface area contributed by atoms with Crippen molar-refractivity contribution in [3.63, 3.8) is 0 Å². The van der Waals surface area contributed by atoms with Gasteiger partial charge in [-0.1, -0.05) is 11.8 Å². The number of thioether (sulfide) groups is 1. The fourth-order valence-electron chi connectivity index (χ4n) is 3.35. The van der Waals surface area contributed by atoms with Crippen LogP contribution < -0.4 is 5.32 Å². The molecule has 0 aromatic rings. The minimum Gasteiger partial charge on any atom is -0.360 e. The molecule has 102 valence electrons. The molecule has 0 amide bonds. The molecule has 2 atom stereocenters. The van der Waals surface area contributed by atoms with Crippen LogP contribution in [0.3, 0.4) is 0 Å². The zero-order valence-corrected chi connectivity index (χ0v) is 12.4. The lowest BCUT2D eigenvalue weighted by atomic mass is 9.98. The monoisotopic (exact) mass is 267 g/mol. The topological polar surface area (TPSA) is 27.6 Å². The summed E-state index contributed by atoms with van der Waals surface area (Å²) < 4.78 is 0. The molecule has 0 saturated carbocycles. The van der Waals surface area contributed by atoms with Crippen molar-refractivity contribution < 1.29 is 0 Å². The first-order chi connectivity index (χ1) is 8.62. The van der Waals surface area contributed by atoms with E-state index in [4.69, 9.17) is 4.99 Å². The molecule has 1 N–H and O–H groups in total. The van der Waals surface area contributed by atoms with Crippen molar-refractivity contribution in [2.75, 3.05) is 18.8 Å². The Morgan fingerprint density at radius 1 is 1.33 bits per heavy atom. The van der Waals surface area contributed by atoms with Crippen LogP contribution in [0.2, 0.25) is 0 Å². The van der Waals surface area contributed by atoms with Gasteiger partial charge in [-0.05, 0) is 52.5 Å². The Hall–Kier alpha value is -0.220. The van der Waals surface area contributed by atoms with Gasteiger partial charge in [0.05, 0.1) is 6.04 Å². The van der Waals surface area contributed by atoms with Crippen molar-refractivity contribution in [1.82, 2.24) is 10.2 Å². The van der Waals surface area contributed by atoms with Crippen LogP contribution in [-0.4, -0.2) is 46.5 Å². The summed E-state index contributed by atoms with van der Waals surface area (Å²) in [5.74, 6) is 1.21. The van der Waals surface area contributed by atoms with E-state index < -0.39 is 0 Å². The van der Waals surface area contributed by atoms with Crippen LogP contribution >= 0.6 is 11.8 Å². The van der Waals surface area contributed by atoms with E-state index >= 15 is 0 Å². The number of hydrogen-bond donors (Lipinski definition) is 1. The molecule has 0 radical (unpaired) electrons. The molecular formula is C14H25N3S. The van der Waals surface area contributed by atoms with Crippen LogP contribution in [0, 0.1) is 0 Å². The third-order valence-corrected chi connectivity index (χ3v) is 5.39. The lowest BCUT2D eigenvalue weighted by molar-refractivity contribution is 0.182. The molecule has 4 heteroatoms. The Morgan fingerprint density at radius 2 is 2.22 bits per heavy atom. The second-order valence-electron chi connectivity index (χ2n) is 6.55. The average Bonchev–Trinajstić information content (AvgIpc) is 2.74. The smallest absolute Gasteiger partial charge is 0.157 e. The summed E-state index contributed by atoms with van der Waals surface area (Å²) in [6.07, 6.45) is 6.56. The van der Waals surface area contributed by atoms with Gasteiger partial charge in [-0.15, -0.1) is 0 Å². The highest BCUT2D eigenvalue weighted by Crippen LogP contribution is 2.29. The van der Waals surface area contributed by atoms with Crippen molar-refractivity contribution >= 4 is 16.9 Å². The summed E-state index contributed by atoms with van der Waals surface area (Å²) in [7, 11) is 0. The highest BCUT2D eigenvalue weighted by atomic mass is 32.2. The SMILES string of the molecule is CC1(C)CCSC(=NC2CCN3CCCC3C2)N1. The van der Waals surface area contributed by atoms with Crippen LogP contribution in [0.15, 0.2) is 4.99 Å². The maximum atomic E-state index is 4.99. The predicted octanol–water partition coefficient (Wildman–Crippen LogP) is 2.47. The molecule has 3 saturated heterocycles. The van der Waals surface area contributed by atoms with E-state index in [1.54, 1.807) is 0 Å². The molecule has 0 spiro atoms. The normalized spacial score (nSPS) is 38.4. The lowest BCUT2D eigenvalue weighted by Crippen LogP contribution is -2.47. The molecule has 3 rings (SSSR count). The van der Waals surface area contributed by atoms with Gasteiger partial charge in [-0.3, -0.25) is 4.99 Å². The van der Waals surface area contributed by atoms with Crippen LogP contribution in [0.1, 0.15) is 46.0 Å². The zero-order chi connectivity index (χ0) is 12.6. The van der Waals surface area contributed by atoms with E-state index in [1.807, 2.05) is 11.8 Å². The van der Waals surface area contributed by atoms with Crippen molar-refractivity contribution in [3.05, 3.63) is 0 Å². The Balaban J connectivity index is 1.61. The average molecular weight is 267 g/mol. The van der Waals surface area contributed by atoms with E-state index in [-0.39, 0.29) is 5.54 Å². The number of piperidine rings is 1. The van der Waals surface area contributed by atoms with Gasteiger partial charge >= 0.3 is 0 Å². The number of nitrogens with zero attached hydrogens (tertiary/aromatic N) is 2. The van der Waals surface area contributed by atoms with Gasteiger partial charge in [-0.25, -0.2) is 0 Å². The van der Waals surface area contributed by atoms with Crippen molar-refractivity contribution in [2.24, 2.45) is 4.99 Å². The van der Waals surface area contributed by atoms with E-state index in [0.29, 0.717) is 6.04 Å². The molecule has 3 heterocycles. The number of nitrogens with one attached hydrogen (secondary N) is 1. The third-order valence-electron chi connectivity index (χ3n) is 4.50. The summed E-state index contributed by atoms with van der Waals surface area (Å²) in [6, 6.07) is 1.39. The maximum absolute atomic E-state index is 4.99. The Morgan fingerprint density at radius 3 is 3.06 bits per heavy atom. The lowest BCUT2D eigenvalue weighted by Gasteiger charge is -2.36. The van der Waals surface area contributed by atoms with Gasteiger partial charge < -0.3 is 10.2 Å². The van der Waals surface area contributed by atoms with Gasteiger partial charge in [0.25, 0.3) is 0 Å². The summed E-state index contributed by atoms with van der Waals surface area (Å²) in [5, 5.41) is 4.80. The molecule has 2 unspecified atom stereocenters. The molecule has 3 nitrogen and oxygen atoms in total. The van der Waals surface area contributed by atoms with Gasteiger partial charge in [0.1, 0.15) is 0 Å². The van der Waals surface area contributed by atoms with Crippen molar-refractivity contribution in [1.29, 1.82) is 0 Å². The number of hydrogen-bond acceptors (Lipinski definition) is 3. The highest BCUT2D eigenvalue weighted by Gasteiger charge is 2.32. The third kappa shape index (κ3) is 2.85. The Labute approximate surface area is 115 Å². The minimum atomic E-state index is 0.234. The van der Waals surface area contributed by atoms with Crippen LogP contribution in [0.25, 0.3) is 0 Å². The van der Waals surface area contributed by atoms with E-state index in [2.05, 4.69) is 24.1 Å². The molecule has 0 aromatic heterocycles. The second kappa shape index (κ2) is 5.04. The number of aliphatic imine (C=N–C) groups is 1. The van der Waals surface area contributed by atoms with Gasteiger partial charge in [0.15, 0.2) is 5.17 Å². The Kier molecular flexibility index (Phi) is 3.59. The summed E-state index contributed by atoms with van der Waals surface area (Å²) in [4.78, 5) is 7.66. The van der Waals surface area contributed by atoms with Gasteiger partial charge in [0.2, 0.25) is 0 Å². The summed E-state index contributed by atoms with van der Waals surface area (Å²) in [5.41, 5.74) is 0.234. The molecule has 3 fully saturated rings. The largest absolute Gasteiger partial charge is 0.360 e. The molecule has 0 bridgehead atoms. The molecule has 0 aliphatic carbocycles. The number of rotatable bonds is 1. The Bertz CT molecular complexity index is 340. The van der Waals surface area contributed by atoms with E-state index in [0.717, 1.165) is 6.04 Å². The van der Waals surface area contributed by atoms with Crippen LogP contribution in [0.5, 0.6) is 0 Å². The molecule has 18 heavy (non-hydrogen) atoms. The first kappa shape index (κ1) is 12.8. The van der Waals surface area contributed by atoms with Crippen LogP contribution in [0.4, 0.5) is 0 Å². The summed E-state index contributed by atoms with van der Waals surface area (Å²) >= 11 is 1.91. The zero-order valence-electron chi connectivity index (χ0n) is 11.6. The molecule has 3 aliphatic rings. The van der Waals surface area contributed by atoms with E-state index in [9.17, 15) is 0 Å². The predicted molar refractivity (Wildman–Crippen MR) is 79.3 cm³/mol. The van der Waals surface area contributed by atoms with E-state index in [1.165, 1.54) is 56.1 Å². The maximum Gasteiger partial charge on any atom is 0.157 e. The standard InChI is InChI=1S/C14H25N3S/c1-14(2)6-9-18-13(16-14)15-11-5-8-17-7-3-4-12(17)10-11/h11-12H,3-10H2,1-2H3,(H,15,16). The fourth-order valence-corrected chi connectivity index (χ4v) is 4.72. The first-order valence-electron chi connectivity index (χ1n) is 7.35. The number of fused-ring (bicyclic) bond motifs is 1. The minimum absolute atomic E-state index is 0.234. The second-order valence-corrected chi connectivity index (χ2v) is 7.64. The molecule has 3 aliphatic heterocycles. The molecule has 0 aromatic carbocycles. The first-order valence-corrected chi connectivity index (χ1v) is 8.34.